The van der Waals surface area contributed by atoms with E-state index in [9.17, 15) is 4.79 Å². The Bertz CT molecular complexity index is 213. The van der Waals surface area contributed by atoms with Crippen LogP contribution in [0.2, 0.25) is 0 Å². The highest BCUT2D eigenvalue weighted by atomic mass is 16.1. The van der Waals surface area contributed by atoms with Crippen molar-refractivity contribution in [2.45, 2.75) is 34.1 Å². The second-order valence-electron chi connectivity index (χ2n) is 4.57. The van der Waals surface area contributed by atoms with Crippen LogP contribution < -0.4 is 0 Å². The molecule has 1 rings (SSSR count). The lowest BCUT2D eigenvalue weighted by molar-refractivity contribution is -0.125. The molecule has 0 aromatic rings. The number of hydrogen-bond donors (Lipinski definition) is 0. The molecule has 0 saturated heterocycles. The first-order valence-electron chi connectivity index (χ1n) is 4.62. The van der Waals surface area contributed by atoms with Crippen molar-refractivity contribution in [1.29, 1.82) is 0 Å². The zero-order valence-corrected chi connectivity index (χ0v) is 8.42. The molecule has 1 nitrogen and oxygen atoms in total. The topological polar surface area (TPSA) is 17.1 Å². The van der Waals surface area contributed by atoms with E-state index in [4.69, 9.17) is 0 Å². The molecule has 0 N–H and O–H groups in total. The van der Waals surface area contributed by atoms with E-state index >= 15 is 0 Å². The van der Waals surface area contributed by atoms with Gasteiger partial charge in [0.2, 0.25) is 0 Å². The van der Waals surface area contributed by atoms with Gasteiger partial charge >= 0.3 is 0 Å². The lowest BCUT2D eigenvalue weighted by Crippen LogP contribution is -2.35. The van der Waals surface area contributed by atoms with Crippen molar-refractivity contribution in [1.82, 2.24) is 0 Å². The predicted molar refractivity (Wildman–Crippen MR) is 50.9 cm³/mol. The van der Waals surface area contributed by atoms with E-state index in [2.05, 4.69) is 32.9 Å². The van der Waals surface area contributed by atoms with Gasteiger partial charge in [-0.2, -0.15) is 0 Å². The number of hydrogen-bond acceptors (Lipinski definition) is 1. The van der Waals surface area contributed by atoms with Crippen LogP contribution in [-0.4, -0.2) is 5.78 Å². The van der Waals surface area contributed by atoms with Crippen molar-refractivity contribution >= 4 is 5.78 Å². The van der Waals surface area contributed by atoms with Crippen LogP contribution in [0.15, 0.2) is 12.2 Å². The Labute approximate surface area is 74.9 Å². The first-order valence-corrected chi connectivity index (χ1v) is 4.62. The lowest BCUT2D eigenvalue weighted by atomic mass is 9.66. The third kappa shape index (κ3) is 1.60. The Kier molecular flexibility index (Phi) is 2.41. The van der Waals surface area contributed by atoms with Crippen LogP contribution in [0.1, 0.15) is 34.1 Å². The molecule has 1 heteroatoms. The van der Waals surface area contributed by atoms with Crippen LogP contribution in [0, 0.1) is 17.3 Å². The molecule has 0 bridgehead atoms. The molecule has 12 heavy (non-hydrogen) atoms. The molecule has 0 aliphatic heterocycles. The maximum absolute atomic E-state index is 11.4. The van der Waals surface area contributed by atoms with Gasteiger partial charge in [0.05, 0.1) is 0 Å². The minimum Gasteiger partial charge on any atom is -0.300 e. The molecule has 0 amide bonds. The van der Waals surface area contributed by atoms with Gasteiger partial charge in [-0.3, -0.25) is 4.79 Å². The number of ketones is 1. The van der Waals surface area contributed by atoms with E-state index in [1.165, 1.54) is 0 Å². The Morgan fingerprint density at radius 1 is 1.50 bits per heavy atom. The fourth-order valence-corrected chi connectivity index (χ4v) is 2.46. The maximum Gasteiger partial charge on any atom is 0.134 e. The molecule has 0 spiro atoms. The minimum atomic E-state index is 0.153. The summed E-state index contributed by atoms with van der Waals surface area (Å²) < 4.78 is 0. The summed E-state index contributed by atoms with van der Waals surface area (Å²) in [4.78, 5) is 11.4. The second kappa shape index (κ2) is 3.04. The van der Waals surface area contributed by atoms with Crippen LogP contribution in [0.25, 0.3) is 0 Å². The zero-order chi connectivity index (χ0) is 9.35. The van der Waals surface area contributed by atoms with Crippen LogP contribution >= 0.6 is 0 Å². The van der Waals surface area contributed by atoms with Gasteiger partial charge in [-0.05, 0) is 24.7 Å². The summed E-state index contributed by atoms with van der Waals surface area (Å²) in [5.74, 6) is 0.950. The number of Topliss-reactive ketones (excluding diaryl/α,β-unsaturated/α-hetero) is 1. The van der Waals surface area contributed by atoms with Crippen LogP contribution in [-0.2, 0) is 4.79 Å². The SMILES string of the molecule is CC(=O)[C@@H]1C(C)C=CCC1(C)C. The van der Waals surface area contributed by atoms with E-state index in [0.717, 1.165) is 6.42 Å². The molecule has 1 aliphatic rings. The highest BCUT2D eigenvalue weighted by molar-refractivity contribution is 5.79. The molecule has 0 fully saturated rings. The van der Waals surface area contributed by atoms with E-state index in [1.54, 1.807) is 6.92 Å². The number of allylic oxidation sites excluding steroid dienone is 2. The summed E-state index contributed by atoms with van der Waals surface area (Å²) in [6, 6.07) is 0. The third-order valence-electron chi connectivity index (χ3n) is 2.89. The van der Waals surface area contributed by atoms with Crippen LogP contribution in [0.5, 0.6) is 0 Å². The van der Waals surface area contributed by atoms with Crippen molar-refractivity contribution in [3.63, 3.8) is 0 Å². The highest BCUT2D eigenvalue weighted by Crippen LogP contribution is 2.40. The molecule has 1 unspecified atom stereocenters. The average molecular weight is 166 g/mol. The molecule has 0 saturated carbocycles. The monoisotopic (exact) mass is 166 g/mol. The van der Waals surface area contributed by atoms with Crippen molar-refractivity contribution in [3.8, 4) is 0 Å². The van der Waals surface area contributed by atoms with Gasteiger partial charge < -0.3 is 0 Å². The number of rotatable bonds is 1. The molecule has 0 heterocycles. The maximum atomic E-state index is 11.4. The first kappa shape index (κ1) is 9.50. The number of carbonyl (C=O) groups is 1. The van der Waals surface area contributed by atoms with Gasteiger partial charge in [-0.25, -0.2) is 0 Å². The van der Waals surface area contributed by atoms with Gasteiger partial charge in [-0.1, -0.05) is 32.9 Å². The second-order valence-corrected chi connectivity index (χ2v) is 4.57. The van der Waals surface area contributed by atoms with Gasteiger partial charge in [0, 0.05) is 5.92 Å². The van der Waals surface area contributed by atoms with Gasteiger partial charge in [-0.15, -0.1) is 0 Å². The van der Waals surface area contributed by atoms with Gasteiger partial charge in [0.1, 0.15) is 5.78 Å². The first-order chi connectivity index (χ1) is 5.45. The Hall–Kier alpha value is -0.590. The Morgan fingerprint density at radius 2 is 2.08 bits per heavy atom. The van der Waals surface area contributed by atoms with E-state index in [-0.39, 0.29) is 11.3 Å². The molecular formula is C11H18O. The lowest BCUT2D eigenvalue weighted by Gasteiger charge is -2.38. The summed E-state index contributed by atoms with van der Waals surface area (Å²) in [6.45, 7) is 8.20. The van der Waals surface area contributed by atoms with E-state index in [1.807, 2.05) is 0 Å². The van der Waals surface area contributed by atoms with Gasteiger partial charge in [0.15, 0.2) is 0 Å². The molecule has 0 radical (unpaired) electrons. The minimum absolute atomic E-state index is 0.153. The summed E-state index contributed by atoms with van der Waals surface area (Å²) >= 11 is 0. The fraction of sp³-hybridized carbons (Fsp3) is 0.727. The molecular weight excluding hydrogens is 148 g/mol. The van der Waals surface area contributed by atoms with E-state index < -0.39 is 0 Å². The van der Waals surface area contributed by atoms with Crippen molar-refractivity contribution in [2.75, 3.05) is 0 Å². The Balaban J connectivity index is 2.92. The van der Waals surface area contributed by atoms with Crippen molar-refractivity contribution in [3.05, 3.63) is 12.2 Å². The third-order valence-corrected chi connectivity index (χ3v) is 2.89. The summed E-state index contributed by atoms with van der Waals surface area (Å²) in [5, 5.41) is 0. The summed E-state index contributed by atoms with van der Waals surface area (Å²) in [5.41, 5.74) is 0.153. The summed E-state index contributed by atoms with van der Waals surface area (Å²) in [7, 11) is 0. The molecule has 1 aliphatic carbocycles. The molecule has 2 atom stereocenters. The van der Waals surface area contributed by atoms with Crippen LogP contribution in [0.3, 0.4) is 0 Å². The molecule has 68 valence electrons. The van der Waals surface area contributed by atoms with E-state index in [0.29, 0.717) is 11.7 Å². The Morgan fingerprint density at radius 3 is 2.42 bits per heavy atom. The highest BCUT2D eigenvalue weighted by Gasteiger charge is 2.37. The predicted octanol–water partition coefficient (Wildman–Crippen LogP) is 2.81. The largest absolute Gasteiger partial charge is 0.300 e. The number of carbonyl (C=O) groups excluding carboxylic acids is 1. The summed E-state index contributed by atoms with van der Waals surface area (Å²) in [6.07, 6.45) is 5.39. The van der Waals surface area contributed by atoms with Crippen LogP contribution in [0.4, 0.5) is 0 Å². The normalized spacial score (nSPS) is 33.3. The van der Waals surface area contributed by atoms with Crippen molar-refractivity contribution < 1.29 is 4.79 Å². The molecule has 0 aromatic carbocycles. The quantitative estimate of drug-likeness (QED) is 0.547. The average Bonchev–Trinajstić information content (AvgIpc) is 1.82. The standard InChI is InChI=1S/C11H18O/c1-8-6-5-7-11(3,4)10(8)9(2)12/h5-6,8,10H,7H2,1-4H3/t8?,10-/m0/s1. The zero-order valence-electron chi connectivity index (χ0n) is 8.42. The van der Waals surface area contributed by atoms with Gasteiger partial charge in [0.25, 0.3) is 0 Å². The molecule has 0 aromatic heterocycles. The smallest absolute Gasteiger partial charge is 0.134 e. The fourth-order valence-electron chi connectivity index (χ4n) is 2.46. The van der Waals surface area contributed by atoms with Crippen molar-refractivity contribution in [2.24, 2.45) is 17.3 Å².